The molecule has 0 aliphatic heterocycles. The molecule has 5 nitrogen and oxygen atoms in total. The van der Waals surface area contributed by atoms with Crippen LogP contribution in [-0.4, -0.2) is 25.5 Å². The van der Waals surface area contributed by atoms with Crippen LogP contribution in [-0.2, 0) is 9.53 Å². The minimum atomic E-state index is -1.72. The van der Waals surface area contributed by atoms with Crippen molar-refractivity contribution in [1.82, 2.24) is 5.32 Å². The van der Waals surface area contributed by atoms with E-state index in [9.17, 15) is 13.6 Å². The van der Waals surface area contributed by atoms with Crippen molar-refractivity contribution in [2.75, 3.05) is 13.7 Å². The molecule has 0 aromatic heterocycles. The summed E-state index contributed by atoms with van der Waals surface area (Å²) in [7, 11) is 1.19. The molecule has 0 saturated heterocycles. The summed E-state index contributed by atoms with van der Waals surface area (Å²) in [5.74, 6) is -1.48. The number of benzene rings is 1. The van der Waals surface area contributed by atoms with E-state index in [-0.39, 0.29) is 28.0 Å². The van der Waals surface area contributed by atoms with Crippen molar-refractivity contribution in [3.8, 4) is 0 Å². The van der Waals surface area contributed by atoms with E-state index in [4.69, 9.17) is 17.3 Å². The van der Waals surface area contributed by atoms with Gasteiger partial charge < -0.3 is 15.8 Å². The van der Waals surface area contributed by atoms with Gasteiger partial charge in [0.05, 0.1) is 13.7 Å². The van der Waals surface area contributed by atoms with Gasteiger partial charge in [0.1, 0.15) is 28.6 Å². The molecule has 1 fully saturated rings. The molecule has 1 aromatic carbocycles. The van der Waals surface area contributed by atoms with Crippen molar-refractivity contribution in [3.05, 3.63) is 57.1 Å². The van der Waals surface area contributed by atoms with Crippen LogP contribution in [0.25, 0.3) is 0 Å². The second-order valence-corrected chi connectivity index (χ2v) is 7.26. The first kappa shape index (κ1) is 21.4. The Labute approximate surface area is 169 Å². The van der Waals surface area contributed by atoms with Crippen LogP contribution in [0.2, 0.25) is 0 Å². The first-order chi connectivity index (χ1) is 12.7. The Bertz CT molecular complexity index is 810. The molecule has 1 aliphatic rings. The first-order valence-electron chi connectivity index (χ1n) is 8.07. The van der Waals surface area contributed by atoms with Crippen molar-refractivity contribution in [2.45, 2.75) is 19.0 Å². The Kier molecular flexibility index (Phi) is 7.38. The van der Waals surface area contributed by atoms with E-state index in [1.807, 2.05) is 0 Å². The van der Waals surface area contributed by atoms with E-state index in [1.54, 1.807) is 0 Å². The first-order valence-corrected chi connectivity index (χ1v) is 9.24. The number of carbonyl (C=O) groups excluding carboxylic acids is 1. The van der Waals surface area contributed by atoms with E-state index < -0.39 is 24.5 Å². The Morgan fingerprint density at radius 2 is 2.22 bits per heavy atom. The number of esters is 1. The van der Waals surface area contributed by atoms with E-state index >= 15 is 0 Å². The molecular weight excluding hydrogens is 444 g/mol. The standard InChI is InChI=1S/C18H19BrClF2N3O2/c1-9(10-3-4-10)25-16(18(26)27-2)15(20)17(23)24-8-14(22)12-6-5-11(19)7-13(12)21/h5-7,10,14,25H,1,3-4,8H2,2H3,(H2,23,24). The third-order valence-electron chi connectivity index (χ3n) is 3.91. The SMILES string of the molecule is C=C(NC(C(=O)OC)=C(Cl)C(N)=NCC(F)c1ccc(Br)cc1F)C1CC1. The number of hydrogen-bond acceptors (Lipinski definition) is 4. The summed E-state index contributed by atoms with van der Waals surface area (Å²) in [6.45, 7) is 3.39. The number of alkyl halides is 1. The number of rotatable bonds is 8. The van der Waals surface area contributed by atoms with Crippen molar-refractivity contribution < 1.29 is 18.3 Å². The van der Waals surface area contributed by atoms with E-state index in [2.05, 4.69) is 37.6 Å². The lowest BCUT2D eigenvalue weighted by molar-refractivity contribution is -0.136. The van der Waals surface area contributed by atoms with E-state index in [0.717, 1.165) is 18.9 Å². The van der Waals surface area contributed by atoms with Gasteiger partial charge in [-0.25, -0.2) is 13.6 Å². The Morgan fingerprint density at radius 1 is 1.56 bits per heavy atom. The highest BCUT2D eigenvalue weighted by Crippen LogP contribution is 2.34. The average Bonchev–Trinajstić information content (AvgIpc) is 3.47. The summed E-state index contributed by atoms with van der Waals surface area (Å²) >= 11 is 9.24. The minimum absolute atomic E-state index is 0.123. The maximum absolute atomic E-state index is 14.3. The quantitative estimate of drug-likeness (QED) is 0.264. The highest BCUT2D eigenvalue weighted by Gasteiger charge is 2.28. The lowest BCUT2D eigenvalue weighted by Gasteiger charge is -2.13. The summed E-state index contributed by atoms with van der Waals surface area (Å²) in [6, 6.07) is 3.99. The summed E-state index contributed by atoms with van der Waals surface area (Å²) in [5.41, 5.74) is 6.12. The maximum atomic E-state index is 14.3. The molecule has 1 aliphatic carbocycles. The predicted molar refractivity (Wildman–Crippen MR) is 104 cm³/mol. The molecule has 0 bridgehead atoms. The molecule has 146 valence electrons. The fourth-order valence-electron chi connectivity index (χ4n) is 2.22. The number of amidine groups is 1. The van der Waals surface area contributed by atoms with Crippen LogP contribution in [0.5, 0.6) is 0 Å². The Hall–Kier alpha value is -1.93. The molecule has 9 heteroatoms. The third kappa shape index (κ3) is 5.77. The van der Waals surface area contributed by atoms with Crippen molar-refractivity contribution in [1.29, 1.82) is 0 Å². The van der Waals surface area contributed by atoms with Crippen LogP contribution in [0.4, 0.5) is 8.78 Å². The number of methoxy groups -OCH3 is 1. The summed E-state index contributed by atoms with van der Waals surface area (Å²) < 4.78 is 33.3. The van der Waals surface area contributed by atoms with Gasteiger partial charge in [-0.05, 0) is 30.9 Å². The molecule has 0 radical (unpaired) electrons. The fourth-order valence-corrected chi connectivity index (χ4v) is 2.74. The molecule has 0 amide bonds. The molecule has 27 heavy (non-hydrogen) atoms. The van der Waals surface area contributed by atoms with E-state index in [1.165, 1.54) is 19.2 Å². The number of halogens is 4. The summed E-state index contributed by atoms with van der Waals surface area (Å²) in [4.78, 5) is 15.8. The Balaban J connectivity index is 2.17. The van der Waals surface area contributed by atoms with Gasteiger partial charge in [-0.2, -0.15) is 0 Å². The molecule has 1 saturated carbocycles. The zero-order valence-corrected chi connectivity index (χ0v) is 16.9. The van der Waals surface area contributed by atoms with Crippen LogP contribution in [0, 0.1) is 11.7 Å². The lowest BCUT2D eigenvalue weighted by Crippen LogP contribution is -2.27. The predicted octanol–water partition coefficient (Wildman–Crippen LogP) is 4.09. The maximum Gasteiger partial charge on any atom is 0.356 e. The van der Waals surface area contributed by atoms with Crippen molar-refractivity contribution >= 4 is 39.3 Å². The van der Waals surface area contributed by atoms with E-state index in [0.29, 0.717) is 10.2 Å². The fraction of sp³-hybridized carbons (Fsp3) is 0.333. The average molecular weight is 463 g/mol. The van der Waals surface area contributed by atoms with Gasteiger partial charge in [0.25, 0.3) is 0 Å². The van der Waals surface area contributed by atoms with Gasteiger partial charge in [-0.1, -0.05) is 40.2 Å². The van der Waals surface area contributed by atoms with Crippen LogP contribution in [0.1, 0.15) is 24.6 Å². The zero-order valence-electron chi connectivity index (χ0n) is 14.6. The number of nitrogens with one attached hydrogen (secondary N) is 1. The van der Waals surface area contributed by atoms with Gasteiger partial charge in [-0.3, -0.25) is 4.99 Å². The number of ether oxygens (including phenoxy) is 1. The number of hydrogen-bond donors (Lipinski definition) is 2. The van der Waals surface area contributed by atoms with Gasteiger partial charge >= 0.3 is 5.97 Å². The number of carbonyl (C=O) groups is 1. The lowest BCUT2D eigenvalue weighted by atomic mass is 10.1. The normalized spacial score (nSPS) is 16.4. The van der Waals surface area contributed by atoms with Crippen LogP contribution < -0.4 is 11.1 Å². The van der Waals surface area contributed by atoms with Gasteiger partial charge in [0.2, 0.25) is 0 Å². The topological polar surface area (TPSA) is 76.7 Å². The summed E-state index contributed by atoms with van der Waals surface area (Å²) in [5, 5.41) is 2.59. The number of nitrogens with zero attached hydrogens (tertiary/aromatic N) is 1. The molecule has 1 atom stereocenters. The van der Waals surface area contributed by atoms with Crippen LogP contribution in [0.3, 0.4) is 0 Å². The third-order valence-corrected chi connectivity index (χ3v) is 4.79. The molecule has 0 spiro atoms. The largest absolute Gasteiger partial charge is 0.464 e. The van der Waals surface area contributed by atoms with Crippen LogP contribution in [0.15, 0.2) is 50.7 Å². The smallest absolute Gasteiger partial charge is 0.356 e. The molecule has 3 N–H and O–H groups in total. The monoisotopic (exact) mass is 461 g/mol. The molecule has 0 heterocycles. The minimum Gasteiger partial charge on any atom is -0.464 e. The Morgan fingerprint density at radius 3 is 2.78 bits per heavy atom. The van der Waals surface area contributed by atoms with Gasteiger partial charge in [0.15, 0.2) is 0 Å². The zero-order chi connectivity index (χ0) is 20.1. The van der Waals surface area contributed by atoms with Gasteiger partial charge in [0, 0.05) is 15.7 Å². The summed E-state index contributed by atoms with van der Waals surface area (Å²) in [6.07, 6.45) is 0.199. The number of nitrogens with two attached hydrogens (primary N) is 1. The molecule has 1 unspecified atom stereocenters. The highest BCUT2D eigenvalue weighted by atomic mass is 79.9. The van der Waals surface area contributed by atoms with Gasteiger partial charge in [-0.15, -0.1) is 0 Å². The van der Waals surface area contributed by atoms with Crippen LogP contribution >= 0.6 is 27.5 Å². The second-order valence-electron chi connectivity index (χ2n) is 5.96. The van der Waals surface area contributed by atoms with Crippen molar-refractivity contribution in [3.63, 3.8) is 0 Å². The molecular formula is C18H19BrClF2N3O2. The highest BCUT2D eigenvalue weighted by molar-refractivity contribution is 9.10. The second kappa shape index (κ2) is 9.32. The number of aliphatic imine (C=N–C) groups is 1. The number of allylic oxidation sites excluding steroid dienone is 1. The molecule has 2 rings (SSSR count). The molecule has 1 aromatic rings. The van der Waals surface area contributed by atoms with Crippen molar-refractivity contribution in [2.24, 2.45) is 16.6 Å².